The van der Waals surface area contributed by atoms with E-state index in [2.05, 4.69) is 213 Å². The first-order chi connectivity index (χ1) is 28.0. The molecule has 0 N–H and O–H groups in total. The van der Waals surface area contributed by atoms with E-state index in [4.69, 9.17) is 0 Å². The summed E-state index contributed by atoms with van der Waals surface area (Å²) in [6.07, 6.45) is 0. The van der Waals surface area contributed by atoms with Crippen molar-refractivity contribution in [2.45, 2.75) is 33.6 Å². The lowest BCUT2D eigenvalue weighted by molar-refractivity contribution is 0.980. The van der Waals surface area contributed by atoms with E-state index in [1.54, 1.807) is 0 Å². The topological polar surface area (TPSA) is 7.65 Å². The van der Waals surface area contributed by atoms with Gasteiger partial charge in [-0.05, 0) is 108 Å². The third-order valence-electron chi connectivity index (χ3n) is 12.4. The highest BCUT2D eigenvalue weighted by Gasteiger charge is 2.30. The molecule has 0 saturated carbocycles. The summed E-state index contributed by atoms with van der Waals surface area (Å²) in [5.41, 5.74) is 16.4. The van der Waals surface area contributed by atoms with Gasteiger partial charge in [-0.3, -0.25) is 0 Å². The minimum atomic E-state index is 0.0336. The minimum absolute atomic E-state index is 0.0336. The van der Waals surface area contributed by atoms with Crippen molar-refractivity contribution in [1.29, 1.82) is 0 Å². The molecule has 0 spiro atoms. The Bertz CT molecular complexity index is 3120. The summed E-state index contributed by atoms with van der Waals surface area (Å²) in [7, 11) is 0. The van der Waals surface area contributed by atoms with Crippen molar-refractivity contribution in [3.63, 3.8) is 0 Å². The van der Waals surface area contributed by atoms with Gasteiger partial charge in [0.1, 0.15) is 0 Å². The van der Waals surface area contributed by atoms with Crippen LogP contribution in [0, 0.1) is 27.7 Å². The Morgan fingerprint density at radius 3 is 1.75 bits per heavy atom. The molecule has 0 amide bonds. The van der Waals surface area contributed by atoms with Crippen LogP contribution < -0.4 is 4.90 Å². The molecule has 11 aromatic rings. The lowest BCUT2D eigenvalue weighted by atomic mass is 9.78. The maximum absolute atomic E-state index is 2.60. The average Bonchev–Trinajstić information content (AvgIpc) is 3.76. The van der Waals surface area contributed by atoms with Gasteiger partial charge in [0.2, 0.25) is 0 Å². The van der Waals surface area contributed by atoms with E-state index in [0.29, 0.717) is 0 Å². The molecule has 1 atom stereocenters. The van der Waals surface area contributed by atoms with Crippen LogP contribution in [0.5, 0.6) is 0 Å². The highest BCUT2D eigenvalue weighted by Crippen LogP contribution is 2.52. The van der Waals surface area contributed by atoms with E-state index >= 15 is 0 Å². The molecule has 0 bridgehead atoms. The minimum Gasteiger partial charge on any atom is -0.309 e. The maximum Gasteiger partial charge on any atom is 0.0640 e. The smallest absolute Gasteiger partial charge is 0.0640 e. The number of rotatable bonds is 6. The van der Waals surface area contributed by atoms with E-state index in [1.165, 1.54) is 110 Å². The quantitative estimate of drug-likeness (QED) is 0.155. The Morgan fingerprint density at radius 2 is 1.02 bits per heavy atom. The molecule has 0 aliphatic heterocycles. The van der Waals surface area contributed by atoms with E-state index in [9.17, 15) is 0 Å². The first-order valence-corrected chi connectivity index (χ1v) is 20.1. The molecule has 2 heterocycles. The highest BCUT2D eigenvalue weighted by atomic mass is 15.2. The normalized spacial score (nSPS) is 12.5. The van der Waals surface area contributed by atoms with Crippen LogP contribution in [0.25, 0.3) is 59.6 Å². The summed E-state index contributed by atoms with van der Waals surface area (Å²) < 4.78 is 2.60. The number of aryl methyl sites for hydroxylation is 4. The Hall–Kier alpha value is -6.90. The molecule has 2 aromatic heterocycles. The highest BCUT2D eigenvalue weighted by molar-refractivity contribution is 6.31. The standard InChI is InChI=1S/C55H42N2/c1-34-26-28-36(3)46(30-34)50(38-16-7-5-8-17-38)53-42-22-13-11-18-39(42)32-48-51(53)44-24-15-25-45-52-49(57(48)54(44)45)33-40-19-12-14-23-43(40)55(52)56(41-20-9-6-10-21-41)47-31-35(2)27-29-37(47)4/h5-33,50H,1-4H3. The number of hydrogen-bond donors (Lipinski definition) is 0. The zero-order valence-electron chi connectivity index (χ0n) is 32.7. The zero-order chi connectivity index (χ0) is 38.4. The van der Waals surface area contributed by atoms with Crippen molar-refractivity contribution in [3.8, 4) is 0 Å². The van der Waals surface area contributed by atoms with Crippen LogP contribution in [0.1, 0.15) is 44.9 Å². The SMILES string of the molecule is Cc1ccc(C)c(C(c2ccccc2)c2c3ccccc3cc3c2c2cccc4c5c(N(c6ccccc6)c6cc(C)ccc6C)c6ccccc6cc5n3c24)c1. The van der Waals surface area contributed by atoms with Gasteiger partial charge in [0.05, 0.1) is 22.2 Å². The molecule has 272 valence electrons. The Morgan fingerprint density at radius 1 is 0.456 bits per heavy atom. The van der Waals surface area contributed by atoms with Crippen LogP contribution >= 0.6 is 0 Å². The van der Waals surface area contributed by atoms with Gasteiger partial charge in [0.25, 0.3) is 0 Å². The number of anilines is 3. The molecule has 0 fully saturated rings. The first-order valence-electron chi connectivity index (χ1n) is 20.1. The van der Waals surface area contributed by atoms with Crippen LogP contribution in [0.2, 0.25) is 0 Å². The lowest BCUT2D eigenvalue weighted by Gasteiger charge is -2.29. The summed E-state index contributed by atoms with van der Waals surface area (Å²) >= 11 is 0. The number of hydrogen-bond acceptors (Lipinski definition) is 1. The van der Waals surface area contributed by atoms with Crippen molar-refractivity contribution in [2.24, 2.45) is 0 Å². The van der Waals surface area contributed by atoms with Gasteiger partial charge in [-0.25, -0.2) is 0 Å². The third-order valence-corrected chi connectivity index (χ3v) is 12.4. The molecule has 57 heavy (non-hydrogen) atoms. The fraction of sp³-hybridized carbons (Fsp3) is 0.0909. The molecule has 9 aromatic carbocycles. The summed E-state index contributed by atoms with van der Waals surface area (Å²) in [4.78, 5) is 2.52. The molecule has 2 nitrogen and oxygen atoms in total. The third kappa shape index (κ3) is 5.03. The van der Waals surface area contributed by atoms with Gasteiger partial charge >= 0.3 is 0 Å². The van der Waals surface area contributed by atoms with Crippen LogP contribution in [0.15, 0.2) is 176 Å². The second-order valence-electron chi connectivity index (χ2n) is 15.9. The summed E-state index contributed by atoms with van der Waals surface area (Å²) in [6, 6.07) is 65.7. The van der Waals surface area contributed by atoms with Gasteiger partial charge in [-0.15, -0.1) is 0 Å². The molecular weight excluding hydrogens is 689 g/mol. The number of fused-ring (bicyclic) bond motifs is 8. The van der Waals surface area contributed by atoms with Crippen molar-refractivity contribution < 1.29 is 0 Å². The molecule has 11 rings (SSSR count). The van der Waals surface area contributed by atoms with Gasteiger partial charge in [-0.2, -0.15) is 0 Å². The molecule has 0 aliphatic carbocycles. The number of aromatic nitrogens is 1. The molecule has 0 radical (unpaired) electrons. The second-order valence-corrected chi connectivity index (χ2v) is 15.9. The van der Waals surface area contributed by atoms with Gasteiger partial charge in [0, 0.05) is 44.2 Å². The fourth-order valence-electron chi connectivity index (χ4n) is 9.81. The number of nitrogens with zero attached hydrogens (tertiary/aromatic N) is 2. The van der Waals surface area contributed by atoms with Crippen molar-refractivity contribution in [1.82, 2.24) is 4.40 Å². The van der Waals surface area contributed by atoms with E-state index in [0.717, 1.165) is 5.69 Å². The molecule has 0 saturated heterocycles. The van der Waals surface area contributed by atoms with E-state index < -0.39 is 0 Å². The van der Waals surface area contributed by atoms with Gasteiger partial charge in [0.15, 0.2) is 0 Å². The molecule has 2 heteroatoms. The average molecular weight is 731 g/mol. The van der Waals surface area contributed by atoms with Crippen molar-refractivity contribution in [3.05, 3.63) is 215 Å². The Labute approximate surface area is 333 Å². The molecule has 1 unspecified atom stereocenters. The zero-order valence-corrected chi connectivity index (χ0v) is 32.7. The molecule has 0 aliphatic rings. The fourth-order valence-corrected chi connectivity index (χ4v) is 9.81. The monoisotopic (exact) mass is 730 g/mol. The Kier molecular flexibility index (Phi) is 7.53. The first kappa shape index (κ1) is 33.4. The molecular formula is C55H42N2. The summed E-state index contributed by atoms with van der Waals surface area (Å²) in [6.45, 7) is 8.92. The van der Waals surface area contributed by atoms with Crippen LogP contribution in [-0.2, 0) is 0 Å². The number of benzene rings is 9. The van der Waals surface area contributed by atoms with Crippen LogP contribution in [0.3, 0.4) is 0 Å². The lowest BCUT2D eigenvalue weighted by Crippen LogP contribution is -2.12. The van der Waals surface area contributed by atoms with E-state index in [-0.39, 0.29) is 5.92 Å². The second kappa shape index (κ2) is 12.8. The van der Waals surface area contributed by atoms with Gasteiger partial charge < -0.3 is 9.30 Å². The summed E-state index contributed by atoms with van der Waals surface area (Å²) in [5.74, 6) is 0.0336. The maximum atomic E-state index is 2.60. The van der Waals surface area contributed by atoms with Crippen LogP contribution in [0.4, 0.5) is 17.1 Å². The van der Waals surface area contributed by atoms with Crippen molar-refractivity contribution in [2.75, 3.05) is 4.90 Å². The summed E-state index contributed by atoms with van der Waals surface area (Å²) in [5, 5.41) is 10.2. The predicted octanol–water partition coefficient (Wildman–Crippen LogP) is 15.0. The predicted molar refractivity (Wildman–Crippen MR) is 244 cm³/mol. The number of para-hydroxylation sites is 2. The van der Waals surface area contributed by atoms with Crippen LogP contribution in [-0.4, -0.2) is 4.40 Å². The van der Waals surface area contributed by atoms with Gasteiger partial charge in [-0.1, -0.05) is 151 Å². The van der Waals surface area contributed by atoms with Crippen molar-refractivity contribution >= 4 is 76.7 Å². The Balaban J connectivity index is 1.35. The van der Waals surface area contributed by atoms with E-state index in [1.807, 2.05) is 0 Å². The largest absolute Gasteiger partial charge is 0.309 e.